The summed E-state index contributed by atoms with van der Waals surface area (Å²) < 4.78 is 5.53. The molecule has 3 aromatic carbocycles. The summed E-state index contributed by atoms with van der Waals surface area (Å²) >= 11 is 0. The maximum Gasteiger partial charge on any atom is 0.407 e. The number of aromatic nitrogens is 1. The molecule has 1 amide bonds. The van der Waals surface area contributed by atoms with Crippen LogP contribution in [0.25, 0.3) is 22.3 Å². The Bertz CT molecular complexity index is 1320. The molecule has 1 aliphatic rings. The first kappa shape index (κ1) is 22.3. The summed E-state index contributed by atoms with van der Waals surface area (Å²) in [5.74, 6) is -1.21. The molecular formula is C29H24N2O4. The number of nitrogens with one attached hydrogen (secondary N) is 1. The van der Waals surface area contributed by atoms with Crippen LogP contribution in [0.4, 0.5) is 4.79 Å². The lowest BCUT2D eigenvalue weighted by Crippen LogP contribution is -2.42. The topological polar surface area (TPSA) is 88.5 Å². The van der Waals surface area contributed by atoms with Crippen molar-refractivity contribution < 1.29 is 19.4 Å². The van der Waals surface area contributed by atoms with Crippen LogP contribution >= 0.6 is 0 Å². The van der Waals surface area contributed by atoms with Gasteiger partial charge in [0.05, 0.1) is 0 Å². The number of carboxylic acids is 1. The lowest BCUT2D eigenvalue weighted by molar-refractivity contribution is -0.139. The second-order valence-electron chi connectivity index (χ2n) is 8.50. The first-order valence-corrected chi connectivity index (χ1v) is 11.4. The molecule has 0 fully saturated rings. The number of alkyl carbamates (subject to hydrolysis) is 1. The molecular weight excluding hydrogens is 440 g/mol. The zero-order chi connectivity index (χ0) is 24.2. The number of hydrogen-bond donors (Lipinski definition) is 2. The van der Waals surface area contributed by atoms with Crippen molar-refractivity contribution in [2.75, 3.05) is 6.61 Å². The van der Waals surface area contributed by atoms with Crippen LogP contribution in [0, 0.1) is 0 Å². The molecule has 6 nitrogen and oxygen atoms in total. The Morgan fingerprint density at radius 3 is 2.17 bits per heavy atom. The predicted molar refractivity (Wildman–Crippen MR) is 133 cm³/mol. The summed E-state index contributed by atoms with van der Waals surface area (Å²) in [6.07, 6.45) is 2.81. The van der Waals surface area contributed by atoms with E-state index in [2.05, 4.69) is 22.4 Å². The van der Waals surface area contributed by atoms with E-state index >= 15 is 0 Å². The second kappa shape index (κ2) is 9.81. The van der Waals surface area contributed by atoms with Crippen LogP contribution in [0.5, 0.6) is 0 Å². The average Bonchev–Trinajstić information content (AvgIpc) is 3.21. The highest BCUT2D eigenvalue weighted by molar-refractivity contribution is 5.81. The minimum absolute atomic E-state index is 0.0894. The molecule has 0 saturated carbocycles. The first-order chi connectivity index (χ1) is 17.1. The van der Waals surface area contributed by atoms with Crippen LogP contribution in [0.3, 0.4) is 0 Å². The molecule has 0 bridgehead atoms. The summed E-state index contributed by atoms with van der Waals surface area (Å²) in [4.78, 5) is 28.5. The molecule has 0 spiro atoms. The standard InChI is InChI=1S/C29H24N2O4/c32-28(33)27(17-19-6-5-7-21(16-19)20-12-14-30-15-13-20)31-29(34)35-18-26-24-10-3-1-8-22(24)23-9-2-4-11-25(23)26/h1-16,26-27H,17-18H2,(H,31,34)(H,32,33)/t27-/m1/s1. The third-order valence-electron chi connectivity index (χ3n) is 6.31. The Hall–Kier alpha value is -4.45. The summed E-state index contributed by atoms with van der Waals surface area (Å²) in [5.41, 5.74) is 7.21. The number of benzene rings is 3. The van der Waals surface area contributed by atoms with Gasteiger partial charge in [0.2, 0.25) is 0 Å². The van der Waals surface area contributed by atoms with Gasteiger partial charge in [-0.3, -0.25) is 4.98 Å². The number of amides is 1. The molecule has 0 aliphatic heterocycles. The third-order valence-corrected chi connectivity index (χ3v) is 6.31. The number of rotatable bonds is 7. The average molecular weight is 465 g/mol. The number of carboxylic acid groups (broad SMARTS) is 1. The Balaban J connectivity index is 1.26. The number of carbonyl (C=O) groups excluding carboxylic acids is 1. The fourth-order valence-electron chi connectivity index (χ4n) is 4.64. The predicted octanol–water partition coefficient (Wildman–Crippen LogP) is 5.28. The zero-order valence-corrected chi connectivity index (χ0v) is 18.9. The van der Waals surface area contributed by atoms with Gasteiger partial charge in [-0.25, -0.2) is 9.59 Å². The van der Waals surface area contributed by atoms with Crippen molar-refractivity contribution >= 4 is 12.1 Å². The molecule has 1 heterocycles. The van der Waals surface area contributed by atoms with E-state index in [0.717, 1.165) is 38.9 Å². The van der Waals surface area contributed by atoms with Crippen LogP contribution in [-0.2, 0) is 16.0 Å². The molecule has 1 aromatic heterocycles. The van der Waals surface area contributed by atoms with Gasteiger partial charge in [0.25, 0.3) is 0 Å². The van der Waals surface area contributed by atoms with Crippen LogP contribution in [-0.4, -0.2) is 34.8 Å². The Labute approximate surface area is 203 Å². The third kappa shape index (κ3) is 4.77. The molecule has 1 atom stereocenters. The van der Waals surface area contributed by atoms with Gasteiger partial charge in [-0.15, -0.1) is 0 Å². The summed E-state index contributed by atoms with van der Waals surface area (Å²) in [6, 6.07) is 26.4. The lowest BCUT2D eigenvalue weighted by Gasteiger charge is -2.18. The quantitative estimate of drug-likeness (QED) is 0.388. The van der Waals surface area contributed by atoms with Crippen LogP contribution in [0.2, 0.25) is 0 Å². The van der Waals surface area contributed by atoms with Crippen molar-refractivity contribution in [3.63, 3.8) is 0 Å². The van der Waals surface area contributed by atoms with E-state index in [0.29, 0.717) is 0 Å². The fourth-order valence-corrected chi connectivity index (χ4v) is 4.64. The first-order valence-electron chi connectivity index (χ1n) is 11.4. The minimum atomic E-state index is -1.12. The summed E-state index contributed by atoms with van der Waals surface area (Å²) in [7, 11) is 0. The second-order valence-corrected chi connectivity index (χ2v) is 8.50. The van der Waals surface area contributed by atoms with Crippen molar-refractivity contribution in [1.29, 1.82) is 0 Å². The van der Waals surface area contributed by atoms with Crippen LogP contribution in [0.1, 0.15) is 22.6 Å². The van der Waals surface area contributed by atoms with Gasteiger partial charge in [0.15, 0.2) is 0 Å². The largest absolute Gasteiger partial charge is 0.480 e. The molecule has 174 valence electrons. The van der Waals surface area contributed by atoms with E-state index in [9.17, 15) is 14.7 Å². The molecule has 0 unspecified atom stereocenters. The fraction of sp³-hybridized carbons (Fsp3) is 0.138. The Morgan fingerprint density at radius 2 is 1.51 bits per heavy atom. The Kier molecular flexibility index (Phi) is 6.26. The molecule has 35 heavy (non-hydrogen) atoms. The number of pyridine rings is 1. The van der Waals surface area contributed by atoms with Crippen LogP contribution < -0.4 is 5.32 Å². The Morgan fingerprint density at radius 1 is 0.857 bits per heavy atom. The molecule has 0 saturated heterocycles. The van der Waals surface area contributed by atoms with E-state index in [-0.39, 0.29) is 18.9 Å². The van der Waals surface area contributed by atoms with Crippen molar-refractivity contribution in [3.05, 3.63) is 114 Å². The normalized spacial score (nSPS) is 12.9. The highest BCUT2D eigenvalue weighted by atomic mass is 16.5. The number of aliphatic carboxylic acids is 1. The number of carbonyl (C=O) groups is 2. The lowest BCUT2D eigenvalue weighted by atomic mass is 9.98. The number of fused-ring (bicyclic) bond motifs is 3. The summed E-state index contributed by atoms with van der Waals surface area (Å²) in [5, 5.41) is 12.3. The minimum Gasteiger partial charge on any atom is -0.480 e. The van der Waals surface area contributed by atoms with E-state index in [4.69, 9.17) is 4.74 Å². The number of hydrogen-bond acceptors (Lipinski definition) is 4. The smallest absolute Gasteiger partial charge is 0.407 e. The van der Waals surface area contributed by atoms with E-state index in [1.165, 1.54) is 0 Å². The van der Waals surface area contributed by atoms with E-state index in [1.54, 1.807) is 12.4 Å². The molecule has 1 aliphatic carbocycles. The highest BCUT2D eigenvalue weighted by Gasteiger charge is 2.29. The van der Waals surface area contributed by atoms with Crippen molar-refractivity contribution in [3.8, 4) is 22.3 Å². The number of nitrogens with zero attached hydrogens (tertiary/aromatic N) is 1. The van der Waals surface area contributed by atoms with E-state index < -0.39 is 18.1 Å². The van der Waals surface area contributed by atoms with Gasteiger partial charge in [-0.05, 0) is 51.1 Å². The van der Waals surface area contributed by atoms with E-state index in [1.807, 2.05) is 72.8 Å². The number of ether oxygens (including phenoxy) is 1. The zero-order valence-electron chi connectivity index (χ0n) is 18.9. The van der Waals surface area contributed by atoms with Crippen molar-refractivity contribution in [2.24, 2.45) is 0 Å². The molecule has 5 rings (SSSR count). The molecule has 6 heteroatoms. The summed E-state index contributed by atoms with van der Waals surface area (Å²) in [6.45, 7) is 0.129. The van der Waals surface area contributed by atoms with Gasteiger partial charge < -0.3 is 15.2 Å². The molecule has 2 N–H and O–H groups in total. The van der Waals surface area contributed by atoms with Gasteiger partial charge >= 0.3 is 12.1 Å². The van der Waals surface area contributed by atoms with Gasteiger partial charge in [0, 0.05) is 24.7 Å². The van der Waals surface area contributed by atoms with Gasteiger partial charge in [-0.1, -0.05) is 72.8 Å². The maximum absolute atomic E-state index is 12.6. The van der Waals surface area contributed by atoms with Gasteiger partial charge in [0.1, 0.15) is 12.6 Å². The monoisotopic (exact) mass is 464 g/mol. The molecule has 0 radical (unpaired) electrons. The SMILES string of the molecule is O=C(N[C@H](Cc1cccc(-c2ccncc2)c1)C(=O)O)OCC1c2ccccc2-c2ccccc21. The van der Waals surface area contributed by atoms with Crippen LogP contribution in [0.15, 0.2) is 97.3 Å². The van der Waals surface area contributed by atoms with Crippen molar-refractivity contribution in [1.82, 2.24) is 10.3 Å². The van der Waals surface area contributed by atoms with Crippen molar-refractivity contribution in [2.45, 2.75) is 18.4 Å². The highest BCUT2D eigenvalue weighted by Crippen LogP contribution is 2.44. The van der Waals surface area contributed by atoms with Gasteiger partial charge in [-0.2, -0.15) is 0 Å². The maximum atomic E-state index is 12.6. The molecule has 4 aromatic rings.